The third-order valence-electron chi connectivity index (χ3n) is 5.45. The number of carbonyl (C=O) groups is 1. The van der Waals surface area contributed by atoms with Crippen LogP contribution in [0.4, 0.5) is 34.6 Å². The number of hydrogen-bond acceptors (Lipinski definition) is 4. The number of thioether (sulfide) groups is 1. The van der Waals surface area contributed by atoms with E-state index in [0.29, 0.717) is 28.6 Å². The Morgan fingerprint density at radius 3 is 2.14 bits per heavy atom. The highest BCUT2D eigenvalue weighted by atomic mass is 32.2. The van der Waals surface area contributed by atoms with Crippen molar-refractivity contribution in [2.45, 2.75) is 26.4 Å². The molecule has 1 aliphatic rings. The number of nitrogens with zero attached hydrogens (tertiary/aromatic N) is 2. The van der Waals surface area contributed by atoms with Gasteiger partial charge in [0.05, 0.1) is 33.4 Å². The van der Waals surface area contributed by atoms with Crippen molar-refractivity contribution in [3.63, 3.8) is 0 Å². The molecule has 4 rings (SSSR count). The van der Waals surface area contributed by atoms with Gasteiger partial charge in [-0.2, -0.15) is 13.2 Å². The van der Waals surface area contributed by atoms with Crippen LogP contribution in [0.15, 0.2) is 70.6 Å². The molecule has 3 aromatic rings. The summed E-state index contributed by atoms with van der Waals surface area (Å²) in [6.07, 6.45) is -4.09. The molecule has 1 heterocycles. The standard InChI is InChI=1S/C26H21F4N3OS/c1-15-11-22-23(12-16(15)2)33-25(13-21(32-22)17-3-7-19(27)8-4-17)35-14-24(34)31-20-9-5-18(6-10-20)26(28,29)30/h3-12H,13-14H2,1-2H3,(H,31,34). The maximum Gasteiger partial charge on any atom is 0.416 e. The lowest BCUT2D eigenvalue weighted by Crippen LogP contribution is -2.16. The van der Waals surface area contributed by atoms with Gasteiger partial charge in [0, 0.05) is 12.1 Å². The van der Waals surface area contributed by atoms with Crippen LogP contribution in [0.5, 0.6) is 0 Å². The molecule has 0 aliphatic carbocycles. The average molecular weight is 500 g/mol. The molecule has 1 N–H and O–H groups in total. The third kappa shape index (κ3) is 6.16. The number of benzene rings is 3. The summed E-state index contributed by atoms with van der Waals surface area (Å²) >= 11 is 1.22. The van der Waals surface area contributed by atoms with Gasteiger partial charge in [0.2, 0.25) is 5.91 Å². The second-order valence-electron chi connectivity index (χ2n) is 8.08. The Hall–Kier alpha value is -3.46. The summed E-state index contributed by atoms with van der Waals surface area (Å²) in [5.74, 6) is -0.711. The van der Waals surface area contributed by atoms with Crippen molar-refractivity contribution in [3.8, 4) is 0 Å². The monoisotopic (exact) mass is 499 g/mol. The average Bonchev–Trinajstić information content (AvgIpc) is 2.97. The fourth-order valence-corrected chi connectivity index (χ4v) is 4.22. The molecule has 180 valence electrons. The summed E-state index contributed by atoms with van der Waals surface area (Å²) in [6.45, 7) is 3.96. The van der Waals surface area contributed by atoms with Gasteiger partial charge in [-0.1, -0.05) is 12.1 Å². The first-order valence-electron chi connectivity index (χ1n) is 10.7. The van der Waals surface area contributed by atoms with E-state index < -0.39 is 11.7 Å². The molecule has 0 unspecified atom stereocenters. The summed E-state index contributed by atoms with van der Waals surface area (Å²) < 4.78 is 51.7. The molecule has 0 radical (unpaired) electrons. The van der Waals surface area contributed by atoms with Gasteiger partial charge < -0.3 is 5.32 Å². The van der Waals surface area contributed by atoms with Gasteiger partial charge in [0.25, 0.3) is 0 Å². The van der Waals surface area contributed by atoms with Gasteiger partial charge in [-0.05, 0) is 79.1 Å². The molecule has 0 saturated carbocycles. The Balaban J connectivity index is 1.52. The summed E-state index contributed by atoms with van der Waals surface area (Å²) in [7, 11) is 0. The number of rotatable bonds is 4. The number of alkyl halides is 3. The van der Waals surface area contributed by atoms with E-state index in [1.807, 2.05) is 26.0 Å². The fourth-order valence-electron chi connectivity index (χ4n) is 3.45. The van der Waals surface area contributed by atoms with Crippen LogP contribution < -0.4 is 5.32 Å². The lowest BCUT2D eigenvalue weighted by molar-refractivity contribution is -0.137. The molecule has 9 heteroatoms. The zero-order valence-corrected chi connectivity index (χ0v) is 19.7. The predicted octanol–water partition coefficient (Wildman–Crippen LogP) is 7.39. The van der Waals surface area contributed by atoms with Gasteiger partial charge in [-0.15, -0.1) is 11.8 Å². The van der Waals surface area contributed by atoms with Crippen molar-refractivity contribution in [1.29, 1.82) is 0 Å². The van der Waals surface area contributed by atoms with Crippen LogP contribution in [0.2, 0.25) is 0 Å². The number of fused-ring (bicyclic) bond motifs is 1. The van der Waals surface area contributed by atoms with E-state index >= 15 is 0 Å². The second-order valence-corrected chi connectivity index (χ2v) is 9.13. The van der Waals surface area contributed by atoms with Gasteiger partial charge in [-0.25, -0.2) is 9.38 Å². The lowest BCUT2D eigenvalue weighted by Gasteiger charge is -2.10. The van der Waals surface area contributed by atoms with Crippen LogP contribution in [-0.4, -0.2) is 22.4 Å². The summed E-state index contributed by atoms with van der Waals surface area (Å²) in [6, 6.07) is 14.2. The second kappa shape index (κ2) is 10.0. The summed E-state index contributed by atoms with van der Waals surface area (Å²) in [4.78, 5) is 22.0. The van der Waals surface area contributed by atoms with Crippen molar-refractivity contribution in [2.24, 2.45) is 9.98 Å². The minimum absolute atomic E-state index is 0.0106. The number of halogens is 4. The Morgan fingerprint density at radius 2 is 1.54 bits per heavy atom. The molecule has 35 heavy (non-hydrogen) atoms. The van der Waals surface area contributed by atoms with Gasteiger partial charge >= 0.3 is 6.18 Å². The van der Waals surface area contributed by atoms with E-state index in [9.17, 15) is 22.4 Å². The van der Waals surface area contributed by atoms with Crippen LogP contribution in [-0.2, 0) is 11.0 Å². The fraction of sp³-hybridized carbons (Fsp3) is 0.192. The Labute approximate surface area is 204 Å². The molecule has 1 aliphatic heterocycles. The number of nitrogens with one attached hydrogen (secondary N) is 1. The number of carbonyl (C=O) groups excluding carboxylic acids is 1. The number of aliphatic imine (C=N–C) groups is 2. The lowest BCUT2D eigenvalue weighted by atomic mass is 10.1. The van der Waals surface area contributed by atoms with Gasteiger partial charge in [0.15, 0.2) is 0 Å². The minimum Gasteiger partial charge on any atom is -0.325 e. The smallest absolute Gasteiger partial charge is 0.325 e. The maximum absolute atomic E-state index is 13.4. The molecule has 0 spiro atoms. The number of amides is 1. The predicted molar refractivity (Wildman–Crippen MR) is 133 cm³/mol. The van der Waals surface area contributed by atoms with E-state index in [4.69, 9.17) is 9.98 Å². The van der Waals surface area contributed by atoms with Crippen LogP contribution in [0.25, 0.3) is 0 Å². The van der Waals surface area contributed by atoms with Crippen molar-refractivity contribution in [2.75, 3.05) is 11.1 Å². The van der Waals surface area contributed by atoms with E-state index in [1.165, 1.54) is 36.0 Å². The quantitative estimate of drug-likeness (QED) is 0.381. The molecular weight excluding hydrogens is 478 g/mol. The topological polar surface area (TPSA) is 53.8 Å². The molecule has 1 amide bonds. The zero-order valence-electron chi connectivity index (χ0n) is 18.9. The van der Waals surface area contributed by atoms with Crippen LogP contribution in [0.3, 0.4) is 0 Å². The number of anilines is 1. The first-order valence-corrected chi connectivity index (χ1v) is 11.7. The molecular formula is C26H21F4N3OS. The maximum atomic E-state index is 13.4. The summed E-state index contributed by atoms with van der Waals surface area (Å²) in [5, 5.41) is 3.26. The van der Waals surface area contributed by atoms with E-state index in [2.05, 4.69) is 5.32 Å². The largest absolute Gasteiger partial charge is 0.416 e. The van der Waals surface area contributed by atoms with Crippen LogP contribution in [0.1, 0.15) is 28.7 Å². The van der Waals surface area contributed by atoms with Crippen molar-refractivity contribution in [1.82, 2.24) is 0 Å². The molecule has 0 saturated heterocycles. The first-order chi connectivity index (χ1) is 16.6. The normalized spacial score (nSPS) is 13.4. The van der Waals surface area contributed by atoms with Crippen LogP contribution in [0, 0.1) is 19.7 Å². The molecule has 3 aromatic carbocycles. The van der Waals surface area contributed by atoms with Crippen molar-refractivity contribution < 1.29 is 22.4 Å². The SMILES string of the molecule is Cc1cc2c(cc1C)N=C(c1ccc(F)cc1)CC(SCC(=O)Nc1ccc(C(F)(F)F)cc1)=N2. The highest BCUT2D eigenvalue weighted by Gasteiger charge is 2.30. The number of aryl methyl sites for hydroxylation is 2. The Kier molecular flexibility index (Phi) is 7.07. The van der Waals surface area contributed by atoms with Crippen molar-refractivity contribution in [3.05, 3.63) is 88.7 Å². The third-order valence-corrected chi connectivity index (χ3v) is 6.43. The molecule has 4 nitrogen and oxygen atoms in total. The Morgan fingerprint density at radius 1 is 0.943 bits per heavy atom. The molecule has 0 aromatic heterocycles. The highest BCUT2D eigenvalue weighted by Crippen LogP contribution is 2.36. The zero-order chi connectivity index (χ0) is 25.2. The molecule has 0 atom stereocenters. The Bertz CT molecular complexity index is 1310. The van der Waals surface area contributed by atoms with Gasteiger partial charge in [0.1, 0.15) is 5.82 Å². The number of hydrogen-bond donors (Lipinski definition) is 1. The van der Waals surface area contributed by atoms with E-state index in [-0.39, 0.29) is 23.2 Å². The van der Waals surface area contributed by atoms with E-state index in [0.717, 1.165) is 28.8 Å². The molecule has 0 bridgehead atoms. The first kappa shape index (κ1) is 24.7. The highest BCUT2D eigenvalue weighted by molar-refractivity contribution is 8.14. The molecule has 0 fully saturated rings. The van der Waals surface area contributed by atoms with Gasteiger partial charge in [-0.3, -0.25) is 9.79 Å². The van der Waals surface area contributed by atoms with Crippen LogP contribution >= 0.6 is 11.8 Å². The minimum atomic E-state index is -4.44. The van der Waals surface area contributed by atoms with Crippen molar-refractivity contribution >= 4 is 45.5 Å². The van der Waals surface area contributed by atoms with E-state index in [1.54, 1.807) is 12.1 Å². The summed E-state index contributed by atoms with van der Waals surface area (Å²) in [5.41, 5.74) is 4.42.